The molecule has 0 aliphatic heterocycles. The van der Waals surface area contributed by atoms with Gasteiger partial charge in [-0.1, -0.05) is 133 Å². The molecule has 0 saturated heterocycles. The van der Waals surface area contributed by atoms with Crippen molar-refractivity contribution in [3.05, 3.63) is 321 Å². The van der Waals surface area contributed by atoms with E-state index >= 15 is 0 Å². The van der Waals surface area contributed by atoms with Gasteiger partial charge in [0.15, 0.2) is 0 Å². The van der Waals surface area contributed by atoms with Crippen molar-refractivity contribution >= 4 is 109 Å². The van der Waals surface area contributed by atoms with Crippen molar-refractivity contribution in [2.75, 3.05) is 0 Å². The largest absolute Gasteiger partial charge is 0.306 e. The number of aromatic nitrogens is 9. The molecule has 12 nitrogen and oxygen atoms in total. The minimum atomic E-state index is 0.483. The normalized spacial score (nSPS) is 11.7. The van der Waals surface area contributed by atoms with E-state index in [9.17, 15) is 5.26 Å². The van der Waals surface area contributed by atoms with Crippen LogP contribution in [0.2, 0.25) is 0 Å². The second kappa shape index (κ2) is 23.3. The molecule has 0 amide bonds. The standard InChI is InChI=1S/C90H58N10.N2/c1-54-13-10-19-68-65-16-4-7-22-76(65)98(83(54)68)86-75(53-91)87(99-77-23-8-5-17-66(77)69-20-11-14-55(2)84(69)99)89(97-81-31-27-63(59-37-45-94-46-38-59)51-73(81)74-52-64(28-32-82(74)97)60-39-47-95-48-40-60)90(100-78-24-9-6-18-67(78)70-21-12-15-56(3)85(70)100)88(86)96-79-29-25-61(57-33-41-92-42-34-57)49-71(79)72-50-62(26-30-80(72)96)58-35-43-93-44-36-58;1-2/h4-52H,1-3H3;. The summed E-state index contributed by atoms with van der Waals surface area (Å²) in [5, 5.41) is 36.4. The van der Waals surface area contributed by atoms with Crippen molar-refractivity contribution in [1.29, 1.82) is 16.0 Å². The van der Waals surface area contributed by atoms with Crippen LogP contribution >= 0.6 is 0 Å². The molecule has 9 heterocycles. The summed E-state index contributed by atoms with van der Waals surface area (Å²) in [5.41, 5.74) is 25.9. The SMILES string of the molecule is Cc1cccc2c3ccccc3n(-c3c(C#N)c(-n4c5ccccc5c5cccc(C)c54)c(-n4c5ccc(-c6ccncc6)cc5c5cc(-c6ccncc6)ccc54)c(-n4c5ccccc5c5cccc(C)c54)c3-n3c4ccc(-c5ccncc5)cc4c4cc(-c5ccncc5)ccc43)c12.N#N. The molecule has 0 fully saturated rings. The van der Waals surface area contributed by atoms with Crippen LogP contribution in [0.15, 0.2) is 298 Å². The maximum atomic E-state index is 13.7. The first kappa shape index (κ1) is 59.2. The highest BCUT2D eigenvalue weighted by molar-refractivity contribution is 6.20. The molecule has 0 spiro atoms. The number of rotatable bonds is 9. The number of fused-ring (bicyclic) bond motifs is 15. The van der Waals surface area contributed by atoms with E-state index in [0.29, 0.717) is 5.56 Å². The van der Waals surface area contributed by atoms with E-state index in [2.05, 4.69) is 318 Å². The first-order valence-electron chi connectivity index (χ1n) is 34.0. The van der Waals surface area contributed by atoms with Crippen LogP contribution in [0.1, 0.15) is 22.3 Å². The van der Waals surface area contributed by atoms with Crippen molar-refractivity contribution in [3.63, 3.8) is 0 Å². The molecule has 20 aromatic rings. The third kappa shape index (κ3) is 8.70. The number of nitrogens with zero attached hydrogens (tertiary/aromatic N) is 12. The quantitative estimate of drug-likeness (QED) is 0.131. The van der Waals surface area contributed by atoms with Gasteiger partial charge in [-0.3, -0.25) is 19.9 Å². The van der Waals surface area contributed by atoms with Gasteiger partial charge in [0.1, 0.15) is 11.6 Å². The molecule has 0 unspecified atom stereocenters. The molecule has 0 N–H and O–H groups in total. The third-order valence-corrected chi connectivity index (χ3v) is 20.9. The zero-order chi connectivity index (χ0) is 68.4. The lowest BCUT2D eigenvalue weighted by atomic mass is 10.00. The smallest absolute Gasteiger partial charge is 0.105 e. The first-order valence-corrected chi connectivity index (χ1v) is 34.0. The summed E-state index contributed by atoms with van der Waals surface area (Å²) in [6.45, 7) is 6.68. The van der Waals surface area contributed by atoms with Gasteiger partial charge in [-0.15, -0.1) is 0 Å². The molecule has 12 heteroatoms. The zero-order valence-electron chi connectivity index (χ0n) is 55.7. The molecule has 0 atom stereocenters. The van der Waals surface area contributed by atoms with Crippen LogP contribution in [0, 0.1) is 42.9 Å². The number of hydrogen-bond donors (Lipinski definition) is 0. The summed E-state index contributed by atoms with van der Waals surface area (Å²) < 4.78 is 12.5. The van der Waals surface area contributed by atoms with Gasteiger partial charge >= 0.3 is 0 Å². The number of para-hydroxylation sites is 6. The van der Waals surface area contributed by atoms with Crippen molar-refractivity contribution in [3.8, 4) is 79.0 Å². The van der Waals surface area contributed by atoms with Crippen LogP contribution in [0.3, 0.4) is 0 Å². The first-order chi connectivity index (χ1) is 50.4. The topological polar surface area (TPSA) is 148 Å². The number of hydrogen-bond acceptors (Lipinski definition) is 7. The lowest BCUT2D eigenvalue weighted by molar-refractivity contribution is 0.989. The van der Waals surface area contributed by atoms with Crippen LogP contribution in [-0.4, -0.2) is 42.8 Å². The second-order valence-electron chi connectivity index (χ2n) is 26.2. The van der Waals surface area contributed by atoms with E-state index in [1.807, 2.05) is 49.6 Å². The Morgan fingerprint density at radius 3 is 0.765 bits per heavy atom. The zero-order valence-corrected chi connectivity index (χ0v) is 55.7. The summed E-state index contributed by atoms with van der Waals surface area (Å²) in [7, 11) is 0. The second-order valence-corrected chi connectivity index (χ2v) is 26.2. The van der Waals surface area contributed by atoms with Gasteiger partial charge in [-0.05, 0) is 197 Å². The Balaban J connectivity index is 0.00000357. The predicted molar refractivity (Wildman–Crippen MR) is 413 cm³/mol. The van der Waals surface area contributed by atoms with Crippen LogP contribution in [0.25, 0.3) is 182 Å². The van der Waals surface area contributed by atoms with Crippen molar-refractivity contribution in [2.45, 2.75) is 20.8 Å². The third-order valence-electron chi connectivity index (χ3n) is 20.9. The van der Waals surface area contributed by atoms with Crippen LogP contribution in [0.5, 0.6) is 0 Å². The maximum Gasteiger partial charge on any atom is 0.105 e. The van der Waals surface area contributed by atoms with E-state index in [4.69, 9.17) is 10.8 Å². The van der Waals surface area contributed by atoms with Gasteiger partial charge < -0.3 is 22.8 Å². The van der Waals surface area contributed by atoms with Crippen molar-refractivity contribution in [1.82, 2.24) is 42.8 Å². The van der Waals surface area contributed by atoms with Gasteiger partial charge in [0.2, 0.25) is 0 Å². The molecular weight excluding hydrogens is 1250 g/mol. The average Bonchev–Trinajstić information content (AvgIpc) is 1.46. The molecular formula is C90H58N12. The van der Waals surface area contributed by atoms with E-state index < -0.39 is 0 Å². The highest BCUT2D eigenvalue weighted by Crippen LogP contribution is 2.53. The molecule has 0 saturated carbocycles. The van der Waals surface area contributed by atoms with Gasteiger partial charge in [-0.2, -0.15) is 5.26 Å². The Labute approximate surface area is 584 Å². The van der Waals surface area contributed by atoms with E-state index in [-0.39, 0.29) is 0 Å². The molecule has 20 rings (SSSR count). The average molecular weight is 1310 g/mol. The lowest BCUT2D eigenvalue weighted by Gasteiger charge is -2.30. The number of benzene rings is 11. The molecule has 0 radical (unpaired) electrons. The molecule has 0 bridgehead atoms. The Hall–Kier alpha value is -14.1. The molecule has 11 aromatic carbocycles. The van der Waals surface area contributed by atoms with E-state index in [1.165, 1.54) is 0 Å². The summed E-state index contributed by atoms with van der Waals surface area (Å²) in [6, 6.07) is 93.9. The van der Waals surface area contributed by atoms with Gasteiger partial charge in [0, 0.05) is 114 Å². The lowest BCUT2D eigenvalue weighted by Crippen LogP contribution is -2.19. The van der Waals surface area contributed by atoms with Crippen LogP contribution in [0.4, 0.5) is 0 Å². The monoisotopic (exact) mass is 1310 g/mol. The minimum Gasteiger partial charge on any atom is -0.306 e. The molecule has 0 aliphatic rings. The minimum absolute atomic E-state index is 0.483. The van der Waals surface area contributed by atoms with Gasteiger partial charge in [-0.25, -0.2) is 0 Å². The number of aryl methyl sites for hydroxylation is 3. The highest BCUT2D eigenvalue weighted by atomic mass is 15.2. The molecule has 478 valence electrons. The Bertz CT molecular complexity index is 6390. The Morgan fingerprint density at radius 1 is 0.235 bits per heavy atom. The summed E-state index contributed by atoms with van der Waals surface area (Å²) >= 11 is 0. The molecule has 0 aliphatic carbocycles. The fourth-order valence-corrected chi connectivity index (χ4v) is 16.6. The van der Waals surface area contributed by atoms with Gasteiger partial charge in [0.25, 0.3) is 0 Å². The Morgan fingerprint density at radius 2 is 0.480 bits per heavy atom. The molecule has 9 aromatic heterocycles. The fourth-order valence-electron chi connectivity index (χ4n) is 16.6. The van der Waals surface area contributed by atoms with Crippen molar-refractivity contribution < 1.29 is 0 Å². The summed E-state index contributed by atoms with van der Waals surface area (Å²) in [6.07, 6.45) is 14.9. The van der Waals surface area contributed by atoms with E-state index in [0.717, 1.165) is 199 Å². The number of nitriles is 1. The summed E-state index contributed by atoms with van der Waals surface area (Å²) in [4.78, 5) is 17.9. The number of pyridine rings is 4. The highest BCUT2D eigenvalue weighted by Gasteiger charge is 2.37. The molecule has 102 heavy (non-hydrogen) atoms. The summed E-state index contributed by atoms with van der Waals surface area (Å²) in [5.74, 6) is 0. The van der Waals surface area contributed by atoms with Crippen LogP contribution < -0.4 is 0 Å². The van der Waals surface area contributed by atoms with Crippen LogP contribution in [-0.2, 0) is 0 Å². The maximum absolute atomic E-state index is 13.7. The van der Waals surface area contributed by atoms with Gasteiger partial charge in [0.05, 0.1) is 83.6 Å². The fraction of sp³-hybridized carbons (Fsp3) is 0.0333. The Kier molecular flexibility index (Phi) is 13.5. The van der Waals surface area contributed by atoms with Crippen molar-refractivity contribution in [2.24, 2.45) is 0 Å². The predicted octanol–water partition coefficient (Wildman–Crippen LogP) is 22.2. The van der Waals surface area contributed by atoms with E-state index in [1.54, 1.807) is 0 Å².